The molecule has 240 valence electrons. The van der Waals surface area contributed by atoms with E-state index in [1.165, 1.54) is 0 Å². The lowest BCUT2D eigenvalue weighted by Crippen LogP contribution is -2.39. The summed E-state index contributed by atoms with van der Waals surface area (Å²) in [6.45, 7) is -0.194. The molecule has 1 saturated heterocycles. The van der Waals surface area contributed by atoms with E-state index in [-0.39, 0.29) is 47.8 Å². The fourth-order valence-corrected chi connectivity index (χ4v) is 7.28. The van der Waals surface area contributed by atoms with Gasteiger partial charge < -0.3 is 9.84 Å². The van der Waals surface area contributed by atoms with Gasteiger partial charge in [0.1, 0.15) is 12.4 Å². The lowest BCUT2D eigenvalue weighted by Gasteiger charge is -2.42. The average Bonchev–Trinajstić information content (AvgIpc) is 3.26. The summed E-state index contributed by atoms with van der Waals surface area (Å²) in [7, 11) is 0. The Morgan fingerprint density at radius 3 is 2.11 bits per heavy atom. The lowest BCUT2D eigenvalue weighted by molar-refractivity contribution is -0.143. The molecule has 1 aliphatic heterocycles. The first-order chi connectivity index (χ1) is 21.6. The van der Waals surface area contributed by atoms with Crippen molar-refractivity contribution in [3.05, 3.63) is 92.5 Å². The second-order valence-corrected chi connectivity index (χ2v) is 12.2. The number of hydrogen-bond acceptors (Lipinski definition) is 6. The van der Waals surface area contributed by atoms with Crippen LogP contribution in [0.2, 0.25) is 0 Å². The van der Waals surface area contributed by atoms with Crippen molar-refractivity contribution in [1.82, 2.24) is 0 Å². The number of nitrogens with zero attached hydrogens (tertiary/aromatic N) is 1. The normalized spacial score (nSPS) is 24.8. The molecule has 2 aromatic rings. The first kappa shape index (κ1) is 31.9. The summed E-state index contributed by atoms with van der Waals surface area (Å²) >= 11 is 3.11. The van der Waals surface area contributed by atoms with Crippen molar-refractivity contribution in [3.63, 3.8) is 0 Å². The van der Waals surface area contributed by atoms with Crippen molar-refractivity contribution < 1.29 is 55.4 Å². The zero-order valence-corrected chi connectivity index (χ0v) is 25.0. The van der Waals surface area contributed by atoms with Crippen LogP contribution in [0.4, 0.5) is 32.0 Å². The summed E-state index contributed by atoms with van der Waals surface area (Å²) < 4.78 is 87.2. The summed E-state index contributed by atoms with van der Waals surface area (Å²) in [4.78, 5) is 54.7. The monoisotopic (exact) mass is 709 g/mol. The largest absolute Gasteiger partial charge is 0.491 e. The van der Waals surface area contributed by atoms with Gasteiger partial charge >= 0.3 is 12.4 Å². The van der Waals surface area contributed by atoms with Crippen molar-refractivity contribution in [1.29, 1.82) is 0 Å². The molecule has 1 N–H and O–H groups in total. The van der Waals surface area contributed by atoms with Crippen molar-refractivity contribution in [2.75, 3.05) is 18.1 Å². The van der Waals surface area contributed by atoms with Gasteiger partial charge in [-0.15, -0.1) is 0 Å². The zero-order chi connectivity index (χ0) is 33.3. The molecule has 6 rings (SSSR count). The van der Waals surface area contributed by atoms with Gasteiger partial charge in [0.05, 0.1) is 39.7 Å². The van der Waals surface area contributed by atoms with Gasteiger partial charge in [0.15, 0.2) is 11.6 Å². The topological polar surface area (TPSA) is 101 Å². The second kappa shape index (κ2) is 11.3. The number of alkyl halides is 6. The van der Waals surface area contributed by atoms with Gasteiger partial charge in [-0.1, -0.05) is 23.8 Å². The molecule has 0 saturated carbocycles. The Morgan fingerprint density at radius 2 is 1.52 bits per heavy atom. The van der Waals surface area contributed by atoms with Crippen molar-refractivity contribution in [3.8, 4) is 5.75 Å². The Labute approximate surface area is 265 Å². The molecule has 0 radical (unpaired) electrons. The van der Waals surface area contributed by atoms with Crippen molar-refractivity contribution >= 4 is 45.0 Å². The van der Waals surface area contributed by atoms with Crippen LogP contribution in [0, 0.1) is 17.8 Å². The number of allylic oxidation sites excluding steroid dienone is 6. The van der Waals surface area contributed by atoms with Crippen molar-refractivity contribution in [2.45, 2.75) is 31.1 Å². The minimum absolute atomic E-state index is 0.0124. The molecule has 7 nitrogen and oxygen atoms in total. The van der Waals surface area contributed by atoms with Crippen LogP contribution in [-0.4, -0.2) is 41.7 Å². The molecule has 0 bridgehead atoms. The van der Waals surface area contributed by atoms with E-state index in [0.717, 1.165) is 6.08 Å². The molecule has 4 atom stereocenters. The van der Waals surface area contributed by atoms with Gasteiger partial charge in [0, 0.05) is 23.1 Å². The smallest absolute Gasteiger partial charge is 0.416 e. The molecule has 46 heavy (non-hydrogen) atoms. The number of fused-ring (bicyclic) bond motifs is 3. The highest BCUT2D eigenvalue weighted by molar-refractivity contribution is 9.12. The molecular formula is C32H22BrF6NO6. The number of anilines is 1. The average molecular weight is 710 g/mol. The van der Waals surface area contributed by atoms with Gasteiger partial charge in [-0.3, -0.25) is 19.2 Å². The summed E-state index contributed by atoms with van der Waals surface area (Å²) in [5, 5.41) is 9.05. The Kier molecular flexibility index (Phi) is 7.87. The highest BCUT2D eigenvalue weighted by Crippen LogP contribution is 2.56. The Bertz CT molecular complexity index is 1740. The number of halogens is 7. The number of imide groups is 1. The summed E-state index contributed by atoms with van der Waals surface area (Å²) in [6.07, 6.45) is -7.79. The van der Waals surface area contributed by atoms with E-state index in [9.17, 15) is 45.5 Å². The number of aliphatic hydroxyl groups is 1. The van der Waals surface area contributed by atoms with E-state index >= 15 is 0 Å². The quantitative estimate of drug-likeness (QED) is 0.175. The van der Waals surface area contributed by atoms with E-state index in [4.69, 9.17) is 9.84 Å². The molecule has 14 heteroatoms. The number of ketones is 2. The summed E-state index contributed by atoms with van der Waals surface area (Å²) in [5.41, 5.74) is -2.83. The maximum absolute atomic E-state index is 14.0. The van der Waals surface area contributed by atoms with Crippen LogP contribution in [0.5, 0.6) is 5.75 Å². The van der Waals surface area contributed by atoms with Crippen molar-refractivity contribution in [2.24, 2.45) is 17.8 Å². The first-order valence-corrected chi connectivity index (χ1v) is 14.8. The van der Waals surface area contributed by atoms with Gasteiger partial charge in [-0.25, -0.2) is 4.90 Å². The predicted octanol–water partition coefficient (Wildman–Crippen LogP) is 6.06. The first-order valence-electron chi connectivity index (χ1n) is 14.0. The second-order valence-electron chi connectivity index (χ2n) is 11.3. The molecule has 1 heterocycles. The minimum atomic E-state index is -5.20. The van der Waals surface area contributed by atoms with Gasteiger partial charge in [0.2, 0.25) is 11.8 Å². The number of aliphatic hydroxyl groups excluding tert-OH is 1. The van der Waals surface area contributed by atoms with Crippen LogP contribution in [0.25, 0.3) is 0 Å². The molecule has 4 aliphatic rings. The van der Waals surface area contributed by atoms with Gasteiger partial charge in [-0.05, 0) is 70.6 Å². The molecule has 0 unspecified atom stereocenters. The van der Waals surface area contributed by atoms with E-state index in [1.54, 1.807) is 30.3 Å². The number of hydrogen-bond donors (Lipinski definition) is 1. The fraction of sp³-hybridized carbons (Fsp3) is 0.312. The Hall–Kier alpha value is -4.04. The summed E-state index contributed by atoms with van der Waals surface area (Å²) in [6, 6.07) is 7.09. The van der Waals surface area contributed by atoms with Crippen LogP contribution in [0.1, 0.15) is 35.4 Å². The molecule has 1 fully saturated rings. The third-order valence-corrected chi connectivity index (χ3v) is 9.32. The van der Waals surface area contributed by atoms with Crippen LogP contribution in [0.3, 0.4) is 0 Å². The number of Topliss-reactive ketones (excluding diaryl/α,β-unsaturated/α-hetero) is 1. The molecule has 2 amide bonds. The number of rotatable bonds is 5. The maximum atomic E-state index is 14.0. The third-order valence-electron chi connectivity index (χ3n) is 8.74. The van der Waals surface area contributed by atoms with Crippen LogP contribution < -0.4 is 9.64 Å². The predicted molar refractivity (Wildman–Crippen MR) is 153 cm³/mol. The Balaban J connectivity index is 1.44. The SMILES string of the molecule is O=C1C=C(Br)C(=O)C2=C1[C@@H](c1ccc(OCCO)cc1)C1=CC[C@@H]3C(=O)N(c4cc(C(F)(F)F)cc(C(F)(F)F)c4)C(=O)[C@@H]3[C@@H]1C2. The number of carbonyl (C=O) groups excluding carboxylic acids is 4. The zero-order valence-electron chi connectivity index (χ0n) is 23.4. The maximum Gasteiger partial charge on any atom is 0.416 e. The molecule has 0 spiro atoms. The number of carbonyl (C=O) groups is 4. The molecule has 2 aromatic carbocycles. The number of amides is 2. The van der Waals surface area contributed by atoms with E-state index < -0.39 is 76.2 Å². The molecule has 0 aromatic heterocycles. The Morgan fingerprint density at radius 1 is 0.891 bits per heavy atom. The fourth-order valence-electron chi connectivity index (χ4n) is 6.83. The highest BCUT2D eigenvalue weighted by Gasteiger charge is 2.57. The lowest BCUT2D eigenvalue weighted by atomic mass is 9.59. The summed E-state index contributed by atoms with van der Waals surface area (Å²) in [5.74, 6) is -6.52. The molecule has 3 aliphatic carbocycles. The third kappa shape index (κ3) is 5.30. The van der Waals surface area contributed by atoms with E-state index in [1.807, 2.05) is 0 Å². The molecular weight excluding hydrogens is 688 g/mol. The van der Waals surface area contributed by atoms with Crippen LogP contribution >= 0.6 is 15.9 Å². The van der Waals surface area contributed by atoms with Crippen LogP contribution in [-0.2, 0) is 31.5 Å². The highest BCUT2D eigenvalue weighted by atomic mass is 79.9. The minimum Gasteiger partial charge on any atom is -0.491 e. The van der Waals surface area contributed by atoms with Crippen LogP contribution in [0.15, 0.2) is 75.8 Å². The number of benzene rings is 2. The standard InChI is InChI=1S/C32H22BrF6NO6/c33-23-13-24(42)27-22(28(23)43)12-21-19(25(27)14-1-3-18(4-2-14)46-8-7-41)5-6-20-26(21)30(45)40(29(20)44)17-10-15(31(34,35)36)9-16(11-17)32(37,38)39/h1-5,9-11,13,20-21,25-26,41H,6-8,12H2/t20-,21+,25-,26-/m0/s1. The van der Waals surface area contributed by atoms with E-state index in [0.29, 0.717) is 33.9 Å². The number of ether oxygens (including phenoxy) is 1. The van der Waals surface area contributed by atoms with E-state index in [2.05, 4.69) is 15.9 Å². The van der Waals surface area contributed by atoms with Gasteiger partial charge in [-0.2, -0.15) is 26.3 Å². The van der Waals surface area contributed by atoms with Gasteiger partial charge in [0.25, 0.3) is 0 Å².